The number of carbonyl (C=O) groups is 2. The zero-order valence-corrected chi connectivity index (χ0v) is 12.6. The summed E-state index contributed by atoms with van der Waals surface area (Å²) in [5, 5.41) is 2.40. The quantitative estimate of drug-likeness (QED) is 0.650. The first-order chi connectivity index (χ1) is 10.7. The number of hydrogen-bond donors (Lipinski definition) is 1. The summed E-state index contributed by atoms with van der Waals surface area (Å²) < 4.78 is 16.6. The molecule has 0 radical (unpaired) electrons. The van der Waals surface area contributed by atoms with E-state index in [0.29, 0.717) is 26.0 Å². The molecule has 1 amide bonds. The highest BCUT2D eigenvalue weighted by Crippen LogP contribution is 2.13. The van der Waals surface area contributed by atoms with Gasteiger partial charge in [0.15, 0.2) is 6.04 Å². The van der Waals surface area contributed by atoms with Crippen molar-refractivity contribution in [1.29, 1.82) is 0 Å². The highest BCUT2D eigenvalue weighted by Gasteiger charge is 2.26. The molecule has 0 aliphatic carbocycles. The molecule has 22 heavy (non-hydrogen) atoms. The van der Waals surface area contributed by atoms with Crippen LogP contribution in [0.2, 0.25) is 0 Å². The summed E-state index contributed by atoms with van der Waals surface area (Å²) in [4.78, 5) is 22.4. The predicted molar refractivity (Wildman–Crippen MR) is 79.0 cm³/mol. The highest BCUT2D eigenvalue weighted by molar-refractivity contribution is 5.78. The molecular weight excluding hydrogens is 286 g/mol. The van der Waals surface area contributed by atoms with Gasteiger partial charge in [-0.2, -0.15) is 0 Å². The zero-order valence-electron chi connectivity index (χ0n) is 12.6. The molecule has 0 bridgehead atoms. The molecule has 1 N–H and O–H groups in total. The average molecular weight is 307 g/mol. The number of nitrogens with one attached hydrogen (secondary N) is 1. The smallest absolute Gasteiger partial charge is 0.331 e. The van der Waals surface area contributed by atoms with Gasteiger partial charge in [0.2, 0.25) is 6.41 Å². The topological polar surface area (TPSA) is 73.9 Å². The summed E-state index contributed by atoms with van der Waals surface area (Å²) in [7, 11) is 0. The minimum atomic E-state index is -0.771. The van der Waals surface area contributed by atoms with Gasteiger partial charge in [0.25, 0.3) is 0 Å². The van der Waals surface area contributed by atoms with Gasteiger partial charge in [-0.05, 0) is 12.5 Å². The molecule has 1 saturated heterocycles. The third-order valence-electron chi connectivity index (χ3n) is 3.38. The Balaban J connectivity index is 1.90. The SMILES string of the molecule is CC1CC(OCc2ccccc2)COC[C@H](NC=O)C(=O)O1. The van der Waals surface area contributed by atoms with Crippen LogP contribution < -0.4 is 5.32 Å². The van der Waals surface area contributed by atoms with Crippen molar-refractivity contribution in [3.8, 4) is 0 Å². The Kier molecular flexibility index (Phi) is 6.36. The maximum atomic E-state index is 11.8. The Labute approximate surface area is 129 Å². The number of benzene rings is 1. The van der Waals surface area contributed by atoms with Crippen molar-refractivity contribution < 1.29 is 23.8 Å². The van der Waals surface area contributed by atoms with Crippen LogP contribution in [0.3, 0.4) is 0 Å². The molecule has 0 aromatic heterocycles. The summed E-state index contributed by atoms with van der Waals surface area (Å²) in [5.41, 5.74) is 1.08. The van der Waals surface area contributed by atoms with Crippen LogP contribution in [0.1, 0.15) is 18.9 Å². The lowest BCUT2D eigenvalue weighted by Crippen LogP contribution is -2.41. The van der Waals surface area contributed by atoms with Crippen LogP contribution in [-0.2, 0) is 30.4 Å². The van der Waals surface area contributed by atoms with E-state index in [0.717, 1.165) is 5.56 Å². The third kappa shape index (κ3) is 5.13. The Morgan fingerprint density at radius 2 is 2.09 bits per heavy atom. The van der Waals surface area contributed by atoms with Crippen molar-refractivity contribution in [2.24, 2.45) is 0 Å². The molecule has 1 aliphatic heterocycles. The Hall–Kier alpha value is -1.92. The maximum Gasteiger partial charge on any atom is 0.331 e. The molecule has 1 fully saturated rings. The number of amides is 1. The predicted octanol–water partition coefficient (Wildman–Crippen LogP) is 1.04. The second-order valence-corrected chi connectivity index (χ2v) is 5.28. The largest absolute Gasteiger partial charge is 0.461 e. The first kappa shape index (κ1) is 16.5. The van der Waals surface area contributed by atoms with Crippen molar-refractivity contribution in [2.45, 2.75) is 38.2 Å². The Morgan fingerprint density at radius 1 is 1.32 bits per heavy atom. The van der Waals surface area contributed by atoms with Crippen LogP contribution in [0, 0.1) is 0 Å². The number of cyclic esters (lactones) is 1. The second-order valence-electron chi connectivity index (χ2n) is 5.28. The van der Waals surface area contributed by atoms with Crippen LogP contribution in [0.15, 0.2) is 30.3 Å². The van der Waals surface area contributed by atoms with Crippen LogP contribution in [-0.4, -0.2) is 43.8 Å². The second kappa shape index (κ2) is 8.51. The molecule has 0 spiro atoms. The third-order valence-corrected chi connectivity index (χ3v) is 3.38. The van der Waals surface area contributed by atoms with Gasteiger partial charge in [0.05, 0.1) is 25.9 Å². The Bertz CT molecular complexity index is 479. The zero-order chi connectivity index (χ0) is 15.8. The molecule has 6 heteroatoms. The van der Waals surface area contributed by atoms with Gasteiger partial charge in [0.1, 0.15) is 6.10 Å². The minimum absolute atomic E-state index is 0.0789. The van der Waals surface area contributed by atoms with Crippen molar-refractivity contribution in [3.63, 3.8) is 0 Å². The maximum absolute atomic E-state index is 11.8. The molecule has 120 valence electrons. The first-order valence-corrected chi connectivity index (χ1v) is 7.32. The van der Waals surface area contributed by atoms with Crippen molar-refractivity contribution in [3.05, 3.63) is 35.9 Å². The summed E-state index contributed by atoms with van der Waals surface area (Å²) in [6.45, 7) is 2.71. The molecule has 1 heterocycles. The van der Waals surface area contributed by atoms with E-state index in [1.54, 1.807) is 6.92 Å². The van der Waals surface area contributed by atoms with Crippen molar-refractivity contribution >= 4 is 12.4 Å². The number of esters is 1. The van der Waals surface area contributed by atoms with E-state index in [2.05, 4.69) is 5.32 Å². The molecule has 1 aromatic rings. The molecule has 0 saturated carbocycles. The summed E-state index contributed by atoms with van der Waals surface area (Å²) in [6, 6.07) is 9.07. The van der Waals surface area contributed by atoms with E-state index in [4.69, 9.17) is 14.2 Å². The lowest BCUT2D eigenvalue weighted by molar-refractivity contribution is -0.152. The van der Waals surface area contributed by atoms with Gasteiger partial charge in [0, 0.05) is 6.42 Å². The summed E-state index contributed by atoms with van der Waals surface area (Å²) in [6.07, 6.45) is 0.553. The number of ether oxygens (including phenoxy) is 3. The molecule has 2 rings (SSSR count). The fourth-order valence-electron chi connectivity index (χ4n) is 2.25. The Morgan fingerprint density at radius 3 is 2.82 bits per heavy atom. The lowest BCUT2D eigenvalue weighted by atomic mass is 10.2. The van der Waals surface area contributed by atoms with Crippen LogP contribution in [0.5, 0.6) is 0 Å². The summed E-state index contributed by atoms with van der Waals surface area (Å²) in [5.74, 6) is -0.483. The van der Waals surface area contributed by atoms with Crippen LogP contribution >= 0.6 is 0 Å². The molecule has 3 atom stereocenters. The van der Waals surface area contributed by atoms with Gasteiger partial charge in [-0.1, -0.05) is 30.3 Å². The van der Waals surface area contributed by atoms with E-state index < -0.39 is 12.0 Å². The van der Waals surface area contributed by atoms with Gasteiger partial charge >= 0.3 is 5.97 Å². The molecular formula is C16H21NO5. The number of rotatable bonds is 5. The average Bonchev–Trinajstić information content (AvgIpc) is 2.57. The van der Waals surface area contributed by atoms with Gasteiger partial charge < -0.3 is 19.5 Å². The fourth-order valence-corrected chi connectivity index (χ4v) is 2.25. The van der Waals surface area contributed by atoms with E-state index in [9.17, 15) is 9.59 Å². The van der Waals surface area contributed by atoms with Gasteiger partial charge in [-0.3, -0.25) is 4.79 Å². The standard InChI is InChI=1S/C16H21NO5/c1-12-7-14(21-8-13-5-3-2-4-6-13)9-20-10-15(17-11-18)16(19)22-12/h2-6,11-12,14-15H,7-10H2,1H3,(H,17,18)/t12?,14?,15-/m0/s1. The first-order valence-electron chi connectivity index (χ1n) is 7.32. The highest BCUT2D eigenvalue weighted by atomic mass is 16.6. The van der Waals surface area contributed by atoms with Gasteiger partial charge in [-0.15, -0.1) is 0 Å². The molecule has 2 unspecified atom stereocenters. The molecule has 6 nitrogen and oxygen atoms in total. The monoisotopic (exact) mass is 307 g/mol. The van der Waals surface area contributed by atoms with E-state index in [1.165, 1.54) is 0 Å². The van der Waals surface area contributed by atoms with Crippen molar-refractivity contribution in [2.75, 3.05) is 13.2 Å². The minimum Gasteiger partial charge on any atom is -0.461 e. The number of carbonyl (C=O) groups excluding carboxylic acids is 2. The molecule has 1 aromatic carbocycles. The van der Waals surface area contributed by atoms with Crippen LogP contribution in [0.4, 0.5) is 0 Å². The van der Waals surface area contributed by atoms with Crippen LogP contribution in [0.25, 0.3) is 0 Å². The summed E-state index contributed by atoms with van der Waals surface area (Å²) >= 11 is 0. The van der Waals surface area contributed by atoms with E-state index >= 15 is 0 Å². The van der Waals surface area contributed by atoms with E-state index in [1.807, 2.05) is 30.3 Å². The lowest BCUT2D eigenvalue weighted by Gasteiger charge is -2.20. The fraction of sp³-hybridized carbons (Fsp3) is 0.500. The number of hydrogen-bond acceptors (Lipinski definition) is 5. The van der Waals surface area contributed by atoms with E-state index in [-0.39, 0.29) is 18.8 Å². The normalized spacial score (nSPS) is 26.2. The van der Waals surface area contributed by atoms with Gasteiger partial charge in [-0.25, -0.2) is 4.79 Å². The molecule has 1 aliphatic rings. The van der Waals surface area contributed by atoms with Crippen molar-refractivity contribution in [1.82, 2.24) is 5.32 Å².